The van der Waals surface area contributed by atoms with Crippen molar-refractivity contribution in [3.63, 3.8) is 0 Å². The quantitative estimate of drug-likeness (QED) is 0.579. The summed E-state index contributed by atoms with van der Waals surface area (Å²) in [6.07, 6.45) is 0.472. The molecule has 0 saturated heterocycles. The van der Waals surface area contributed by atoms with E-state index < -0.39 is 12.0 Å². The molecule has 0 aromatic heterocycles. The molecule has 0 bridgehead atoms. The molecule has 1 aromatic rings. The molecule has 1 aromatic carbocycles. The maximum Gasteiger partial charge on any atom is 0.322 e. The second kappa shape index (κ2) is 6.98. The smallest absolute Gasteiger partial charge is 0.322 e. The van der Waals surface area contributed by atoms with Gasteiger partial charge in [-0.05, 0) is 12.0 Å². The molecule has 0 fully saturated rings. The highest BCUT2D eigenvalue weighted by Gasteiger charge is 2.12. The largest absolute Gasteiger partial charge is 0.468 e. The van der Waals surface area contributed by atoms with E-state index in [9.17, 15) is 4.79 Å². The van der Waals surface area contributed by atoms with Gasteiger partial charge in [-0.2, -0.15) is 0 Å². The van der Waals surface area contributed by atoms with Gasteiger partial charge in [0.05, 0.1) is 13.7 Å². The van der Waals surface area contributed by atoms with Crippen LogP contribution >= 0.6 is 0 Å². The lowest BCUT2D eigenvalue weighted by Crippen LogP contribution is -2.32. The highest BCUT2D eigenvalue weighted by Crippen LogP contribution is 2.01. The van der Waals surface area contributed by atoms with Crippen LogP contribution < -0.4 is 5.73 Å². The highest BCUT2D eigenvalue weighted by molar-refractivity contribution is 5.75. The van der Waals surface area contributed by atoms with Crippen LogP contribution in [0.1, 0.15) is 12.0 Å². The molecular formula is C12H17NO3. The lowest BCUT2D eigenvalue weighted by Gasteiger charge is -2.09. The van der Waals surface area contributed by atoms with Crippen LogP contribution in [0.15, 0.2) is 30.3 Å². The minimum absolute atomic E-state index is 0.400. The van der Waals surface area contributed by atoms with Crippen LogP contribution in [0, 0.1) is 0 Å². The molecule has 0 aliphatic rings. The Labute approximate surface area is 95.3 Å². The molecule has 0 aliphatic heterocycles. The van der Waals surface area contributed by atoms with Gasteiger partial charge >= 0.3 is 5.97 Å². The van der Waals surface area contributed by atoms with E-state index in [-0.39, 0.29) is 0 Å². The first-order valence-corrected chi connectivity index (χ1v) is 5.19. The van der Waals surface area contributed by atoms with Gasteiger partial charge in [0.1, 0.15) is 6.04 Å². The molecule has 0 radical (unpaired) electrons. The van der Waals surface area contributed by atoms with Crippen molar-refractivity contribution in [1.29, 1.82) is 0 Å². The summed E-state index contributed by atoms with van der Waals surface area (Å²) < 4.78 is 9.91. The highest BCUT2D eigenvalue weighted by atomic mass is 16.5. The van der Waals surface area contributed by atoms with E-state index in [0.717, 1.165) is 5.56 Å². The monoisotopic (exact) mass is 223 g/mol. The van der Waals surface area contributed by atoms with Crippen molar-refractivity contribution in [2.24, 2.45) is 5.73 Å². The van der Waals surface area contributed by atoms with Crippen LogP contribution in [-0.4, -0.2) is 25.7 Å². The van der Waals surface area contributed by atoms with Gasteiger partial charge in [0.15, 0.2) is 0 Å². The van der Waals surface area contributed by atoms with Gasteiger partial charge in [0.25, 0.3) is 0 Å². The summed E-state index contributed by atoms with van der Waals surface area (Å²) >= 11 is 0. The molecule has 16 heavy (non-hydrogen) atoms. The van der Waals surface area contributed by atoms with Crippen molar-refractivity contribution < 1.29 is 14.3 Å². The number of carbonyl (C=O) groups is 1. The molecule has 0 unspecified atom stereocenters. The van der Waals surface area contributed by atoms with Crippen LogP contribution in [0.25, 0.3) is 0 Å². The van der Waals surface area contributed by atoms with Crippen LogP contribution in [0.2, 0.25) is 0 Å². The zero-order chi connectivity index (χ0) is 11.8. The van der Waals surface area contributed by atoms with E-state index in [0.29, 0.717) is 19.6 Å². The van der Waals surface area contributed by atoms with Crippen LogP contribution in [-0.2, 0) is 20.9 Å². The van der Waals surface area contributed by atoms with Crippen molar-refractivity contribution in [3.8, 4) is 0 Å². The van der Waals surface area contributed by atoms with E-state index in [1.807, 2.05) is 30.3 Å². The normalized spacial score (nSPS) is 12.1. The van der Waals surface area contributed by atoms with E-state index in [2.05, 4.69) is 4.74 Å². The SMILES string of the molecule is COC(=O)[C@H](N)CCOCc1ccccc1. The first kappa shape index (κ1) is 12.7. The van der Waals surface area contributed by atoms with Crippen molar-refractivity contribution in [3.05, 3.63) is 35.9 Å². The van der Waals surface area contributed by atoms with Gasteiger partial charge in [-0.1, -0.05) is 30.3 Å². The number of methoxy groups -OCH3 is 1. The zero-order valence-electron chi connectivity index (χ0n) is 9.39. The second-order valence-electron chi connectivity index (χ2n) is 3.46. The Morgan fingerprint density at radius 3 is 2.69 bits per heavy atom. The number of hydrogen-bond donors (Lipinski definition) is 1. The molecule has 4 heteroatoms. The molecular weight excluding hydrogens is 206 g/mol. The molecule has 0 aliphatic carbocycles. The number of nitrogens with two attached hydrogens (primary N) is 1. The molecule has 0 spiro atoms. The fourth-order valence-corrected chi connectivity index (χ4v) is 1.24. The molecule has 4 nitrogen and oxygen atoms in total. The van der Waals surface area contributed by atoms with Crippen molar-refractivity contribution in [1.82, 2.24) is 0 Å². The van der Waals surface area contributed by atoms with Gasteiger partial charge in [0, 0.05) is 6.61 Å². The Balaban J connectivity index is 2.15. The molecule has 1 rings (SSSR count). The number of hydrogen-bond acceptors (Lipinski definition) is 4. The van der Waals surface area contributed by atoms with E-state index in [1.54, 1.807) is 0 Å². The van der Waals surface area contributed by atoms with E-state index >= 15 is 0 Å². The number of benzene rings is 1. The van der Waals surface area contributed by atoms with Crippen molar-refractivity contribution in [2.75, 3.05) is 13.7 Å². The predicted molar refractivity (Wildman–Crippen MR) is 60.7 cm³/mol. The Hall–Kier alpha value is -1.39. The minimum atomic E-state index is -0.597. The van der Waals surface area contributed by atoms with Gasteiger partial charge in [0.2, 0.25) is 0 Å². The standard InChI is InChI=1S/C12H17NO3/c1-15-12(14)11(13)7-8-16-9-10-5-3-2-4-6-10/h2-6,11H,7-9,13H2,1H3/t11-/m1/s1. The number of carbonyl (C=O) groups excluding carboxylic acids is 1. The number of rotatable bonds is 6. The van der Waals surface area contributed by atoms with E-state index in [4.69, 9.17) is 10.5 Å². The molecule has 0 heterocycles. The van der Waals surface area contributed by atoms with Gasteiger partial charge in [-0.25, -0.2) is 0 Å². The summed E-state index contributed by atoms with van der Waals surface area (Å²) in [6.45, 7) is 0.986. The average Bonchev–Trinajstić information content (AvgIpc) is 2.34. The average molecular weight is 223 g/mol. The summed E-state index contributed by atoms with van der Waals surface area (Å²) in [5, 5.41) is 0. The third-order valence-corrected chi connectivity index (χ3v) is 2.19. The molecule has 0 amide bonds. The summed E-state index contributed by atoms with van der Waals surface area (Å²) in [5.41, 5.74) is 6.66. The third kappa shape index (κ3) is 4.42. The number of ether oxygens (including phenoxy) is 2. The fourth-order valence-electron chi connectivity index (χ4n) is 1.24. The summed E-state index contributed by atoms with van der Waals surface area (Å²) in [7, 11) is 1.33. The van der Waals surface area contributed by atoms with Crippen LogP contribution in [0.3, 0.4) is 0 Å². The molecule has 88 valence electrons. The van der Waals surface area contributed by atoms with Crippen LogP contribution in [0.5, 0.6) is 0 Å². The first-order valence-electron chi connectivity index (χ1n) is 5.19. The van der Waals surface area contributed by atoms with Crippen molar-refractivity contribution in [2.45, 2.75) is 19.1 Å². The predicted octanol–water partition coefficient (Wildman–Crippen LogP) is 1.09. The number of esters is 1. The Kier molecular flexibility index (Phi) is 5.53. The topological polar surface area (TPSA) is 61.5 Å². The minimum Gasteiger partial charge on any atom is -0.468 e. The molecule has 2 N–H and O–H groups in total. The second-order valence-corrected chi connectivity index (χ2v) is 3.46. The lowest BCUT2D eigenvalue weighted by molar-refractivity contribution is -0.142. The van der Waals surface area contributed by atoms with Gasteiger partial charge in [-0.15, -0.1) is 0 Å². The lowest BCUT2D eigenvalue weighted by atomic mass is 10.2. The third-order valence-electron chi connectivity index (χ3n) is 2.19. The van der Waals surface area contributed by atoms with Gasteiger partial charge in [-0.3, -0.25) is 4.79 Å². The fraction of sp³-hybridized carbons (Fsp3) is 0.417. The van der Waals surface area contributed by atoms with Crippen molar-refractivity contribution >= 4 is 5.97 Å². The molecule has 1 atom stereocenters. The first-order chi connectivity index (χ1) is 7.74. The maximum absolute atomic E-state index is 11.0. The zero-order valence-corrected chi connectivity index (χ0v) is 9.39. The summed E-state index contributed by atoms with van der Waals surface area (Å²) in [4.78, 5) is 11.0. The summed E-state index contributed by atoms with van der Waals surface area (Å²) in [5.74, 6) is -0.400. The van der Waals surface area contributed by atoms with E-state index in [1.165, 1.54) is 7.11 Å². The Bertz CT molecular complexity index is 313. The maximum atomic E-state index is 11.0. The molecule has 0 saturated carbocycles. The summed E-state index contributed by atoms with van der Waals surface area (Å²) in [6, 6.07) is 9.25. The van der Waals surface area contributed by atoms with Crippen LogP contribution in [0.4, 0.5) is 0 Å². The van der Waals surface area contributed by atoms with Gasteiger partial charge < -0.3 is 15.2 Å². The Morgan fingerprint density at radius 1 is 1.38 bits per heavy atom. The Morgan fingerprint density at radius 2 is 2.06 bits per heavy atom.